The summed E-state index contributed by atoms with van der Waals surface area (Å²) in [5.74, 6) is -0.599. The number of nitrogens with one attached hydrogen (secondary N) is 1. The number of H-pyrrole nitrogens is 1. The molecule has 0 aromatic carbocycles. The number of carbonyl (C=O) groups is 1. The lowest BCUT2D eigenvalue weighted by Crippen LogP contribution is -2.13. The van der Waals surface area contributed by atoms with Gasteiger partial charge in [-0.3, -0.25) is 5.10 Å². The molecular weight excluding hydrogens is 238 g/mol. The van der Waals surface area contributed by atoms with Gasteiger partial charge in [0.25, 0.3) is 0 Å². The Morgan fingerprint density at radius 3 is 3.08 bits per heavy atom. The van der Waals surface area contributed by atoms with Gasteiger partial charge >= 0.3 is 5.97 Å². The average Bonchev–Trinajstić information content (AvgIpc) is 2.51. The lowest BCUT2D eigenvalue weighted by molar-refractivity contribution is 0.0427. The highest BCUT2D eigenvalue weighted by atomic mass is 79.9. The van der Waals surface area contributed by atoms with Crippen LogP contribution in [-0.2, 0) is 4.74 Å². The summed E-state index contributed by atoms with van der Waals surface area (Å²) in [6.45, 7) is 1.49. The molecule has 0 aliphatic carbocycles. The molecule has 0 radical (unpaired) electrons. The summed E-state index contributed by atoms with van der Waals surface area (Å²) >= 11 is 3.10. The molecule has 5 nitrogen and oxygen atoms in total. The fourth-order valence-electron chi connectivity index (χ4n) is 0.660. The van der Waals surface area contributed by atoms with E-state index in [2.05, 4.69) is 26.1 Å². The molecule has 1 aromatic heterocycles. The Labute approximate surface area is 82.8 Å². The second-order valence-electron chi connectivity index (χ2n) is 2.27. The number of aromatic amines is 1. The molecule has 0 saturated carbocycles. The van der Waals surface area contributed by atoms with Crippen molar-refractivity contribution in [2.45, 2.75) is 13.0 Å². The molecule has 1 rings (SSSR count). The molecule has 1 heterocycles. The van der Waals surface area contributed by atoms with E-state index in [-0.39, 0.29) is 5.69 Å². The third-order valence-corrected chi connectivity index (χ3v) is 1.86. The van der Waals surface area contributed by atoms with Gasteiger partial charge in [0.15, 0.2) is 11.8 Å². The largest absolute Gasteiger partial charge is 0.443 e. The van der Waals surface area contributed by atoms with Crippen LogP contribution in [0.3, 0.4) is 0 Å². The molecule has 68 valence electrons. The monoisotopic (exact) mass is 243 g/mol. The first kappa shape index (κ1) is 9.74. The Bertz CT molecular complexity index is 355. The molecule has 0 spiro atoms. The van der Waals surface area contributed by atoms with E-state index < -0.39 is 12.1 Å². The fraction of sp³-hybridized carbons (Fsp3) is 0.286. The molecule has 0 aliphatic rings. The SMILES string of the molecule is CC(C#N)OC(=O)c1[nH]ncc1Br. The van der Waals surface area contributed by atoms with Crippen molar-refractivity contribution in [3.8, 4) is 6.07 Å². The van der Waals surface area contributed by atoms with Gasteiger partial charge in [0.1, 0.15) is 6.07 Å². The molecule has 1 aromatic rings. The van der Waals surface area contributed by atoms with Crippen LogP contribution in [0, 0.1) is 11.3 Å². The minimum atomic E-state index is -0.761. The van der Waals surface area contributed by atoms with E-state index in [4.69, 9.17) is 10.00 Å². The van der Waals surface area contributed by atoms with E-state index in [1.165, 1.54) is 13.1 Å². The van der Waals surface area contributed by atoms with Crippen molar-refractivity contribution in [1.29, 1.82) is 5.26 Å². The third kappa shape index (κ3) is 2.29. The number of hydrogen-bond donors (Lipinski definition) is 1. The molecule has 1 unspecified atom stereocenters. The molecule has 6 heteroatoms. The molecular formula is C7H6BrN3O2. The van der Waals surface area contributed by atoms with E-state index in [1.807, 2.05) is 0 Å². The number of nitriles is 1. The van der Waals surface area contributed by atoms with E-state index in [0.29, 0.717) is 4.47 Å². The van der Waals surface area contributed by atoms with Gasteiger partial charge in [-0.25, -0.2) is 4.79 Å². The first-order valence-corrected chi connectivity index (χ1v) is 4.24. The summed E-state index contributed by atoms with van der Waals surface area (Å²) in [4.78, 5) is 11.2. The minimum absolute atomic E-state index is 0.210. The van der Waals surface area contributed by atoms with Crippen molar-refractivity contribution in [3.63, 3.8) is 0 Å². The Morgan fingerprint density at radius 2 is 2.62 bits per heavy atom. The third-order valence-electron chi connectivity index (χ3n) is 1.26. The van der Waals surface area contributed by atoms with E-state index in [0.717, 1.165) is 0 Å². The van der Waals surface area contributed by atoms with Gasteiger partial charge in [-0.2, -0.15) is 10.4 Å². The van der Waals surface area contributed by atoms with Crippen LogP contribution >= 0.6 is 15.9 Å². The molecule has 0 bridgehead atoms. The van der Waals surface area contributed by atoms with Crippen LogP contribution < -0.4 is 0 Å². The van der Waals surface area contributed by atoms with Gasteiger partial charge in [0, 0.05) is 0 Å². The number of esters is 1. The standard InChI is InChI=1S/C7H6BrN3O2/c1-4(2-9)13-7(12)6-5(8)3-10-11-6/h3-4H,1H3,(H,10,11). The summed E-state index contributed by atoms with van der Waals surface area (Å²) in [6, 6.07) is 1.78. The maximum Gasteiger partial charge on any atom is 0.358 e. The first-order chi connectivity index (χ1) is 6.15. The van der Waals surface area contributed by atoms with Crippen LogP contribution in [0.15, 0.2) is 10.7 Å². The summed E-state index contributed by atoms with van der Waals surface area (Å²) in [6.07, 6.45) is 0.677. The van der Waals surface area contributed by atoms with Crippen LogP contribution in [0.2, 0.25) is 0 Å². The smallest absolute Gasteiger partial charge is 0.358 e. The maximum absolute atomic E-state index is 11.2. The van der Waals surface area contributed by atoms with E-state index in [1.54, 1.807) is 6.07 Å². The van der Waals surface area contributed by atoms with Gasteiger partial charge < -0.3 is 4.74 Å². The Kier molecular flexibility index (Phi) is 3.03. The number of hydrogen-bond acceptors (Lipinski definition) is 4. The summed E-state index contributed by atoms with van der Waals surface area (Å²) in [5.41, 5.74) is 0.210. The highest BCUT2D eigenvalue weighted by Gasteiger charge is 2.15. The molecule has 0 fully saturated rings. The normalized spacial score (nSPS) is 11.8. The van der Waals surface area contributed by atoms with Gasteiger partial charge in [0.05, 0.1) is 10.7 Å². The zero-order valence-electron chi connectivity index (χ0n) is 6.74. The summed E-state index contributed by atoms with van der Waals surface area (Å²) < 4.78 is 5.24. The molecule has 0 amide bonds. The van der Waals surface area contributed by atoms with Crippen LogP contribution in [-0.4, -0.2) is 22.3 Å². The molecule has 0 aliphatic heterocycles. The van der Waals surface area contributed by atoms with Crippen molar-refractivity contribution < 1.29 is 9.53 Å². The number of carbonyl (C=O) groups excluding carboxylic acids is 1. The van der Waals surface area contributed by atoms with Gasteiger partial charge in [-0.15, -0.1) is 0 Å². The maximum atomic E-state index is 11.2. The number of ether oxygens (including phenoxy) is 1. The zero-order valence-corrected chi connectivity index (χ0v) is 8.33. The highest BCUT2D eigenvalue weighted by Crippen LogP contribution is 2.14. The second-order valence-corrected chi connectivity index (χ2v) is 3.12. The zero-order chi connectivity index (χ0) is 9.84. The van der Waals surface area contributed by atoms with Crippen molar-refractivity contribution in [1.82, 2.24) is 10.2 Å². The van der Waals surface area contributed by atoms with Crippen molar-refractivity contribution in [3.05, 3.63) is 16.4 Å². The summed E-state index contributed by atoms with van der Waals surface area (Å²) in [7, 11) is 0. The van der Waals surface area contributed by atoms with Crippen LogP contribution in [0.25, 0.3) is 0 Å². The lowest BCUT2D eigenvalue weighted by Gasteiger charge is -2.03. The minimum Gasteiger partial charge on any atom is -0.443 e. The fourth-order valence-corrected chi connectivity index (χ4v) is 1.01. The number of nitrogens with zero attached hydrogens (tertiary/aromatic N) is 2. The molecule has 1 N–H and O–H groups in total. The predicted octanol–water partition coefficient (Wildman–Crippen LogP) is 1.24. The van der Waals surface area contributed by atoms with Gasteiger partial charge in [-0.05, 0) is 22.9 Å². The Balaban J connectivity index is 2.71. The molecule has 0 saturated heterocycles. The van der Waals surface area contributed by atoms with Gasteiger partial charge in [-0.1, -0.05) is 0 Å². The first-order valence-electron chi connectivity index (χ1n) is 3.44. The van der Waals surface area contributed by atoms with E-state index >= 15 is 0 Å². The number of halogens is 1. The van der Waals surface area contributed by atoms with Gasteiger partial charge in [0.2, 0.25) is 0 Å². The van der Waals surface area contributed by atoms with Crippen LogP contribution in [0.1, 0.15) is 17.4 Å². The quantitative estimate of drug-likeness (QED) is 0.793. The highest BCUT2D eigenvalue weighted by molar-refractivity contribution is 9.10. The number of rotatable bonds is 2. The lowest BCUT2D eigenvalue weighted by atomic mass is 10.4. The Hall–Kier alpha value is -1.35. The van der Waals surface area contributed by atoms with E-state index in [9.17, 15) is 4.79 Å². The van der Waals surface area contributed by atoms with Crippen LogP contribution in [0.5, 0.6) is 0 Å². The predicted molar refractivity (Wildman–Crippen MR) is 46.8 cm³/mol. The van der Waals surface area contributed by atoms with Crippen molar-refractivity contribution >= 4 is 21.9 Å². The van der Waals surface area contributed by atoms with Crippen LogP contribution in [0.4, 0.5) is 0 Å². The Morgan fingerprint density at radius 1 is 1.92 bits per heavy atom. The average molecular weight is 244 g/mol. The number of aromatic nitrogens is 2. The van der Waals surface area contributed by atoms with Crippen molar-refractivity contribution in [2.24, 2.45) is 0 Å². The molecule has 1 atom stereocenters. The second kappa shape index (κ2) is 4.05. The topological polar surface area (TPSA) is 78.8 Å². The van der Waals surface area contributed by atoms with Crippen molar-refractivity contribution in [2.75, 3.05) is 0 Å². The summed E-state index contributed by atoms with van der Waals surface area (Å²) in [5, 5.41) is 14.5. The molecule has 13 heavy (non-hydrogen) atoms.